The van der Waals surface area contributed by atoms with Crippen molar-refractivity contribution in [3.8, 4) is 0 Å². The summed E-state index contributed by atoms with van der Waals surface area (Å²) >= 11 is 0. The van der Waals surface area contributed by atoms with E-state index in [1.165, 1.54) is 0 Å². The molecule has 0 saturated carbocycles. The van der Waals surface area contributed by atoms with Crippen molar-refractivity contribution in [2.75, 3.05) is 27.7 Å². The van der Waals surface area contributed by atoms with Crippen LogP contribution in [0.1, 0.15) is 6.92 Å². The lowest BCUT2D eigenvalue weighted by molar-refractivity contribution is 0.173. The Morgan fingerprint density at radius 1 is 1.38 bits per heavy atom. The molecule has 0 spiro atoms. The van der Waals surface area contributed by atoms with E-state index in [1.54, 1.807) is 0 Å². The molecule has 0 aliphatic carbocycles. The summed E-state index contributed by atoms with van der Waals surface area (Å²) < 4.78 is 0. The highest BCUT2D eigenvalue weighted by molar-refractivity contribution is 4.09. The highest BCUT2D eigenvalue weighted by atomic mass is 16.5. The fraction of sp³-hybridized carbons (Fsp3) is 1.00. The van der Waals surface area contributed by atoms with Gasteiger partial charge in [-0.3, -0.25) is 0 Å². The second-order valence-corrected chi connectivity index (χ2v) is 1.85. The molecule has 0 aromatic rings. The van der Waals surface area contributed by atoms with Gasteiger partial charge in [0.1, 0.15) is 0 Å². The van der Waals surface area contributed by atoms with Gasteiger partial charge < -0.3 is 10.1 Å². The lowest BCUT2D eigenvalue weighted by Gasteiger charge is -1.90. The molecule has 0 heterocycles. The Labute approximate surface area is 51.3 Å². The summed E-state index contributed by atoms with van der Waals surface area (Å²) in [4.78, 5) is 2.00. The summed E-state index contributed by atoms with van der Waals surface area (Å²) in [5.74, 6) is 0. The number of hydrogen-bond donors (Lipinski definition) is 2. The molecule has 0 aliphatic rings. The molecule has 0 aromatic carbocycles. The quantitative estimate of drug-likeness (QED) is 0.484. The highest BCUT2D eigenvalue weighted by Gasteiger charge is 1.58. The summed E-state index contributed by atoms with van der Waals surface area (Å²) in [6, 6.07) is 0. The van der Waals surface area contributed by atoms with Crippen LogP contribution in [0.4, 0.5) is 0 Å². The molecular formula is C5H16N2O. The minimum Gasteiger partial charge on any atom is -0.317 e. The normalized spacial score (nSPS) is 8.25. The van der Waals surface area contributed by atoms with Crippen LogP contribution in [0.25, 0.3) is 0 Å². The third kappa shape index (κ3) is 181. The first-order chi connectivity index (χ1) is 3.65. The molecule has 0 unspecified atom stereocenters. The number of nitrogens with zero attached hydrogens (tertiary/aromatic N) is 1. The van der Waals surface area contributed by atoms with Crippen molar-refractivity contribution >= 4 is 0 Å². The van der Waals surface area contributed by atoms with E-state index in [1.807, 2.05) is 38.4 Å². The van der Waals surface area contributed by atoms with Gasteiger partial charge in [0.05, 0.1) is 0 Å². The first-order valence-electron chi connectivity index (χ1n) is 2.63. The van der Waals surface area contributed by atoms with E-state index >= 15 is 0 Å². The SMILES string of the molecule is CCNO.CN(C)C. The molecule has 0 aromatic heterocycles. The molecule has 0 bridgehead atoms. The van der Waals surface area contributed by atoms with Crippen LogP contribution in [0.5, 0.6) is 0 Å². The smallest absolute Gasteiger partial charge is 0.0179 e. The van der Waals surface area contributed by atoms with Gasteiger partial charge in [-0.15, -0.1) is 0 Å². The third-order valence-corrected chi connectivity index (χ3v) is 0.158. The Morgan fingerprint density at radius 3 is 1.50 bits per heavy atom. The fourth-order valence-electron chi connectivity index (χ4n) is 0. The van der Waals surface area contributed by atoms with Crippen molar-refractivity contribution in [1.82, 2.24) is 10.4 Å². The number of hydroxylamine groups is 1. The van der Waals surface area contributed by atoms with Crippen molar-refractivity contribution in [1.29, 1.82) is 0 Å². The van der Waals surface area contributed by atoms with Gasteiger partial charge in [0.15, 0.2) is 0 Å². The van der Waals surface area contributed by atoms with Crippen LogP contribution in [0, 0.1) is 0 Å². The van der Waals surface area contributed by atoms with E-state index in [-0.39, 0.29) is 0 Å². The van der Waals surface area contributed by atoms with Crippen LogP contribution in [0.2, 0.25) is 0 Å². The molecule has 2 N–H and O–H groups in total. The second-order valence-electron chi connectivity index (χ2n) is 1.85. The Balaban J connectivity index is 0. The summed E-state index contributed by atoms with van der Waals surface area (Å²) in [7, 11) is 6.00. The average Bonchev–Trinajstić information content (AvgIpc) is 1.65. The Bertz CT molecular complexity index is 26.9. The maximum Gasteiger partial charge on any atom is 0.0179 e. The van der Waals surface area contributed by atoms with E-state index < -0.39 is 0 Å². The van der Waals surface area contributed by atoms with Crippen LogP contribution in [-0.2, 0) is 0 Å². The molecular weight excluding hydrogens is 104 g/mol. The predicted molar refractivity (Wildman–Crippen MR) is 35.1 cm³/mol. The van der Waals surface area contributed by atoms with E-state index in [0.717, 1.165) is 0 Å². The summed E-state index contributed by atoms with van der Waals surface area (Å²) in [6.07, 6.45) is 0. The van der Waals surface area contributed by atoms with E-state index in [2.05, 4.69) is 0 Å². The zero-order valence-electron chi connectivity index (χ0n) is 6.10. The van der Waals surface area contributed by atoms with Gasteiger partial charge in [-0.2, -0.15) is 0 Å². The molecule has 52 valence electrons. The van der Waals surface area contributed by atoms with Crippen molar-refractivity contribution < 1.29 is 5.21 Å². The van der Waals surface area contributed by atoms with Gasteiger partial charge in [-0.05, 0) is 21.1 Å². The molecule has 3 heteroatoms. The minimum absolute atomic E-state index is 0.625. The third-order valence-electron chi connectivity index (χ3n) is 0.158. The van der Waals surface area contributed by atoms with Crippen LogP contribution in [0.3, 0.4) is 0 Å². The molecule has 3 nitrogen and oxygen atoms in total. The molecule has 0 rings (SSSR count). The van der Waals surface area contributed by atoms with E-state index in [9.17, 15) is 0 Å². The lowest BCUT2D eigenvalue weighted by atomic mass is 10.8. The zero-order chi connectivity index (χ0) is 6.99. The second kappa shape index (κ2) is 9.99. The summed E-state index contributed by atoms with van der Waals surface area (Å²) in [5.41, 5.74) is 1.93. The van der Waals surface area contributed by atoms with Gasteiger partial charge in [0, 0.05) is 6.54 Å². The van der Waals surface area contributed by atoms with Gasteiger partial charge >= 0.3 is 0 Å². The van der Waals surface area contributed by atoms with Crippen molar-refractivity contribution in [3.63, 3.8) is 0 Å². The van der Waals surface area contributed by atoms with Crippen LogP contribution in [0.15, 0.2) is 0 Å². The van der Waals surface area contributed by atoms with Gasteiger partial charge in [-0.1, -0.05) is 6.92 Å². The first-order valence-corrected chi connectivity index (χ1v) is 2.63. The summed E-state index contributed by atoms with van der Waals surface area (Å²) in [5, 5.41) is 7.62. The predicted octanol–water partition coefficient (Wildman–Crippen LogP) is 0.163. The Morgan fingerprint density at radius 2 is 1.50 bits per heavy atom. The van der Waals surface area contributed by atoms with E-state index in [4.69, 9.17) is 5.21 Å². The average molecular weight is 120 g/mol. The van der Waals surface area contributed by atoms with Crippen molar-refractivity contribution in [3.05, 3.63) is 0 Å². The topological polar surface area (TPSA) is 35.5 Å². The van der Waals surface area contributed by atoms with Crippen molar-refractivity contribution in [2.45, 2.75) is 6.92 Å². The van der Waals surface area contributed by atoms with Gasteiger partial charge in [-0.25, -0.2) is 5.48 Å². The number of hydrogen-bond acceptors (Lipinski definition) is 3. The molecule has 0 aliphatic heterocycles. The largest absolute Gasteiger partial charge is 0.317 e. The lowest BCUT2D eigenvalue weighted by Crippen LogP contribution is -2.02. The molecule has 0 atom stereocenters. The van der Waals surface area contributed by atoms with Crippen LogP contribution >= 0.6 is 0 Å². The standard InChI is InChI=1S/C3H9N.C2H7NO/c1-4(2)3;1-2-3-4/h1-3H3;3-4H,2H2,1H3. The molecule has 8 heavy (non-hydrogen) atoms. The Hall–Kier alpha value is -0.120. The first kappa shape index (κ1) is 10.8. The minimum atomic E-state index is 0.625. The van der Waals surface area contributed by atoms with Gasteiger partial charge in [0.25, 0.3) is 0 Å². The molecule has 0 saturated heterocycles. The molecule has 0 amide bonds. The highest BCUT2D eigenvalue weighted by Crippen LogP contribution is 1.47. The number of rotatable bonds is 1. The monoisotopic (exact) mass is 120 g/mol. The number of nitrogens with one attached hydrogen (secondary N) is 1. The Kier molecular flexibility index (Phi) is 13.5. The fourth-order valence-corrected chi connectivity index (χ4v) is 0. The maximum atomic E-state index is 7.62. The molecule has 0 radical (unpaired) electrons. The maximum absolute atomic E-state index is 7.62. The van der Waals surface area contributed by atoms with Crippen LogP contribution < -0.4 is 5.48 Å². The molecule has 0 fully saturated rings. The zero-order valence-corrected chi connectivity index (χ0v) is 6.10. The summed E-state index contributed by atoms with van der Waals surface area (Å²) in [6.45, 7) is 2.44. The van der Waals surface area contributed by atoms with Crippen molar-refractivity contribution in [2.24, 2.45) is 0 Å². The van der Waals surface area contributed by atoms with Crippen LogP contribution in [-0.4, -0.2) is 37.8 Å². The van der Waals surface area contributed by atoms with Gasteiger partial charge in [0.2, 0.25) is 0 Å². The van der Waals surface area contributed by atoms with E-state index in [0.29, 0.717) is 6.54 Å².